The lowest BCUT2D eigenvalue weighted by Crippen LogP contribution is -2.40. The molecule has 1 aliphatic heterocycles. The summed E-state index contributed by atoms with van der Waals surface area (Å²) in [5.74, 6) is 0.628. The Morgan fingerprint density at radius 1 is 1.36 bits per heavy atom. The van der Waals surface area contributed by atoms with Gasteiger partial charge in [0.25, 0.3) is 0 Å². The van der Waals surface area contributed by atoms with Crippen molar-refractivity contribution >= 4 is 11.9 Å². The minimum absolute atomic E-state index is 0.0319. The van der Waals surface area contributed by atoms with E-state index in [1.54, 1.807) is 23.4 Å². The van der Waals surface area contributed by atoms with E-state index in [1.807, 2.05) is 6.07 Å². The second-order valence-electron chi connectivity index (χ2n) is 5.93. The van der Waals surface area contributed by atoms with E-state index in [9.17, 15) is 9.59 Å². The number of aryl methyl sites for hydroxylation is 1. The van der Waals surface area contributed by atoms with Crippen LogP contribution in [0.2, 0.25) is 0 Å². The standard InChI is InChI=1S/C17H20N4O4/c1-24-17(23)12-6-9-21(10-7-12)15(22)5-4-14-19-16(20-25-14)13-3-2-8-18-11-13/h2-3,8,11-12H,4-7,9-10H2,1H3. The topological polar surface area (TPSA) is 98.4 Å². The van der Waals surface area contributed by atoms with Gasteiger partial charge in [-0.05, 0) is 25.0 Å². The molecule has 1 amide bonds. The minimum Gasteiger partial charge on any atom is -0.469 e. The van der Waals surface area contributed by atoms with Crippen molar-refractivity contribution in [1.82, 2.24) is 20.0 Å². The number of aromatic nitrogens is 3. The summed E-state index contributed by atoms with van der Waals surface area (Å²) < 4.78 is 9.95. The Balaban J connectivity index is 1.49. The summed E-state index contributed by atoms with van der Waals surface area (Å²) in [7, 11) is 1.39. The third-order valence-corrected chi connectivity index (χ3v) is 4.32. The predicted octanol–water partition coefficient (Wildman–Crippen LogP) is 1.48. The first-order valence-electron chi connectivity index (χ1n) is 8.26. The zero-order valence-electron chi connectivity index (χ0n) is 14.1. The van der Waals surface area contributed by atoms with Gasteiger partial charge in [0.15, 0.2) is 0 Å². The van der Waals surface area contributed by atoms with Crippen LogP contribution >= 0.6 is 0 Å². The number of carbonyl (C=O) groups is 2. The molecule has 0 spiro atoms. The lowest BCUT2D eigenvalue weighted by Gasteiger charge is -2.30. The van der Waals surface area contributed by atoms with Crippen LogP contribution in [0.5, 0.6) is 0 Å². The first kappa shape index (κ1) is 17.1. The van der Waals surface area contributed by atoms with Gasteiger partial charge in [-0.15, -0.1) is 0 Å². The van der Waals surface area contributed by atoms with Gasteiger partial charge in [-0.2, -0.15) is 4.98 Å². The SMILES string of the molecule is COC(=O)C1CCN(C(=O)CCc2nc(-c3cccnc3)no2)CC1. The van der Waals surface area contributed by atoms with Crippen LogP contribution in [0, 0.1) is 5.92 Å². The van der Waals surface area contributed by atoms with E-state index in [1.165, 1.54) is 7.11 Å². The summed E-state index contributed by atoms with van der Waals surface area (Å²) in [6.45, 7) is 1.15. The van der Waals surface area contributed by atoms with Crippen LogP contribution in [0.25, 0.3) is 11.4 Å². The Morgan fingerprint density at radius 3 is 2.84 bits per heavy atom. The second-order valence-corrected chi connectivity index (χ2v) is 5.93. The quantitative estimate of drug-likeness (QED) is 0.758. The highest BCUT2D eigenvalue weighted by Gasteiger charge is 2.27. The predicted molar refractivity (Wildman–Crippen MR) is 87.2 cm³/mol. The van der Waals surface area contributed by atoms with Crippen molar-refractivity contribution in [2.24, 2.45) is 5.92 Å². The Labute approximate surface area is 145 Å². The fourth-order valence-electron chi connectivity index (χ4n) is 2.87. The Bertz CT molecular complexity index is 723. The molecule has 0 radical (unpaired) electrons. The van der Waals surface area contributed by atoms with Crippen molar-refractivity contribution in [3.8, 4) is 11.4 Å². The fourth-order valence-corrected chi connectivity index (χ4v) is 2.87. The molecule has 132 valence electrons. The summed E-state index contributed by atoms with van der Waals surface area (Å²) in [5.41, 5.74) is 0.772. The molecule has 1 aliphatic rings. The fraction of sp³-hybridized carbons (Fsp3) is 0.471. The lowest BCUT2D eigenvalue weighted by atomic mass is 9.97. The molecule has 25 heavy (non-hydrogen) atoms. The molecule has 1 saturated heterocycles. The van der Waals surface area contributed by atoms with Crippen molar-refractivity contribution in [3.05, 3.63) is 30.4 Å². The summed E-state index contributed by atoms with van der Waals surface area (Å²) in [6, 6.07) is 3.64. The van der Waals surface area contributed by atoms with Crippen LogP contribution in [0.15, 0.2) is 29.0 Å². The summed E-state index contributed by atoms with van der Waals surface area (Å²) in [4.78, 5) is 33.9. The van der Waals surface area contributed by atoms with E-state index < -0.39 is 0 Å². The van der Waals surface area contributed by atoms with Crippen LogP contribution in [-0.2, 0) is 20.7 Å². The van der Waals surface area contributed by atoms with Crippen LogP contribution in [0.3, 0.4) is 0 Å². The van der Waals surface area contributed by atoms with E-state index >= 15 is 0 Å². The van der Waals surface area contributed by atoms with Gasteiger partial charge in [0.05, 0.1) is 13.0 Å². The molecule has 0 saturated carbocycles. The molecule has 0 aromatic carbocycles. The number of esters is 1. The third kappa shape index (κ3) is 4.20. The van der Waals surface area contributed by atoms with Crippen molar-refractivity contribution < 1.29 is 18.8 Å². The Hall–Kier alpha value is -2.77. The van der Waals surface area contributed by atoms with E-state index in [-0.39, 0.29) is 17.8 Å². The first-order valence-corrected chi connectivity index (χ1v) is 8.26. The molecule has 2 aromatic heterocycles. The average Bonchev–Trinajstić information content (AvgIpc) is 3.15. The van der Waals surface area contributed by atoms with Crippen LogP contribution < -0.4 is 0 Å². The number of pyridine rings is 1. The Morgan fingerprint density at radius 2 is 2.16 bits per heavy atom. The lowest BCUT2D eigenvalue weighted by molar-refractivity contribution is -0.148. The number of carbonyl (C=O) groups excluding carboxylic acids is 2. The first-order chi connectivity index (χ1) is 12.2. The van der Waals surface area contributed by atoms with Crippen LogP contribution in [0.4, 0.5) is 0 Å². The number of rotatable bonds is 5. The number of piperidine rings is 1. The van der Waals surface area contributed by atoms with Gasteiger partial charge in [0, 0.05) is 43.9 Å². The molecule has 3 heterocycles. The summed E-state index contributed by atoms with van der Waals surface area (Å²) in [5, 5.41) is 3.91. The van der Waals surface area contributed by atoms with E-state index in [2.05, 4.69) is 15.1 Å². The van der Waals surface area contributed by atoms with E-state index in [4.69, 9.17) is 9.26 Å². The minimum atomic E-state index is -0.194. The largest absolute Gasteiger partial charge is 0.469 e. The highest BCUT2D eigenvalue weighted by Crippen LogP contribution is 2.20. The van der Waals surface area contributed by atoms with Gasteiger partial charge < -0.3 is 14.2 Å². The maximum Gasteiger partial charge on any atom is 0.308 e. The van der Waals surface area contributed by atoms with Gasteiger partial charge >= 0.3 is 5.97 Å². The van der Waals surface area contributed by atoms with Crippen molar-refractivity contribution in [2.45, 2.75) is 25.7 Å². The third-order valence-electron chi connectivity index (χ3n) is 4.32. The van der Waals surface area contributed by atoms with Crippen molar-refractivity contribution in [2.75, 3.05) is 20.2 Å². The van der Waals surface area contributed by atoms with Gasteiger partial charge in [-0.3, -0.25) is 14.6 Å². The maximum absolute atomic E-state index is 12.3. The molecule has 3 rings (SSSR count). The number of hydrogen-bond acceptors (Lipinski definition) is 7. The van der Waals surface area contributed by atoms with Gasteiger partial charge in [-0.1, -0.05) is 5.16 Å². The molecule has 0 atom stereocenters. The highest BCUT2D eigenvalue weighted by atomic mass is 16.5. The number of likely N-dealkylation sites (tertiary alicyclic amines) is 1. The molecule has 8 heteroatoms. The van der Waals surface area contributed by atoms with Crippen LogP contribution in [-0.4, -0.2) is 52.1 Å². The summed E-state index contributed by atoms with van der Waals surface area (Å²) in [6.07, 6.45) is 5.31. The number of nitrogens with zero attached hydrogens (tertiary/aromatic N) is 4. The number of ether oxygens (including phenoxy) is 1. The molecule has 0 unspecified atom stereocenters. The van der Waals surface area contributed by atoms with Gasteiger partial charge in [0.2, 0.25) is 17.6 Å². The van der Waals surface area contributed by atoms with Gasteiger partial charge in [-0.25, -0.2) is 0 Å². The number of amides is 1. The van der Waals surface area contributed by atoms with Crippen LogP contribution in [0.1, 0.15) is 25.2 Å². The number of methoxy groups -OCH3 is 1. The zero-order chi connectivity index (χ0) is 17.6. The normalized spacial score (nSPS) is 15.2. The highest BCUT2D eigenvalue weighted by molar-refractivity contribution is 5.77. The summed E-state index contributed by atoms with van der Waals surface area (Å²) >= 11 is 0. The average molecular weight is 344 g/mol. The monoisotopic (exact) mass is 344 g/mol. The molecule has 0 aliphatic carbocycles. The second kappa shape index (κ2) is 7.87. The molecule has 1 fully saturated rings. The molecule has 2 aromatic rings. The van der Waals surface area contributed by atoms with E-state index in [0.717, 1.165) is 5.56 Å². The molecule has 8 nitrogen and oxygen atoms in total. The number of hydrogen-bond donors (Lipinski definition) is 0. The molecular formula is C17H20N4O4. The van der Waals surface area contributed by atoms with Crippen molar-refractivity contribution in [1.29, 1.82) is 0 Å². The smallest absolute Gasteiger partial charge is 0.308 e. The zero-order valence-corrected chi connectivity index (χ0v) is 14.1. The molecular weight excluding hydrogens is 324 g/mol. The Kier molecular flexibility index (Phi) is 5.37. The van der Waals surface area contributed by atoms with Crippen molar-refractivity contribution in [3.63, 3.8) is 0 Å². The van der Waals surface area contributed by atoms with Gasteiger partial charge in [0.1, 0.15) is 0 Å². The maximum atomic E-state index is 12.3. The molecule has 0 N–H and O–H groups in total. The van der Waals surface area contributed by atoms with E-state index in [0.29, 0.717) is 50.5 Å². The molecule has 0 bridgehead atoms.